The zero-order valence-corrected chi connectivity index (χ0v) is 8.46. The number of anilines is 1. The quantitative estimate of drug-likeness (QED) is 0.791. The van der Waals surface area contributed by atoms with E-state index in [-0.39, 0.29) is 0 Å². The summed E-state index contributed by atoms with van der Waals surface area (Å²) in [5.74, 6) is 1.22. The highest BCUT2D eigenvalue weighted by atomic mass is 15.3. The number of nitrogens with zero attached hydrogens (tertiary/aromatic N) is 5. The van der Waals surface area contributed by atoms with Crippen LogP contribution in [-0.2, 0) is 6.42 Å². The van der Waals surface area contributed by atoms with Gasteiger partial charge in [-0.1, -0.05) is 13.3 Å². The van der Waals surface area contributed by atoms with Crippen molar-refractivity contribution >= 4 is 5.82 Å². The summed E-state index contributed by atoms with van der Waals surface area (Å²) in [6.45, 7) is 2.08. The van der Waals surface area contributed by atoms with Gasteiger partial charge in [0.05, 0.1) is 0 Å². The topological polar surface area (TPSA) is 82.5 Å². The monoisotopic (exact) mass is 204 g/mol. The lowest BCUT2D eigenvalue weighted by Gasteiger charge is -2.08. The molecule has 2 rings (SSSR count). The molecule has 2 aromatic heterocycles. The molecule has 0 unspecified atom stereocenters. The lowest BCUT2D eigenvalue weighted by atomic mass is 10.1. The van der Waals surface area contributed by atoms with Gasteiger partial charge in [0.15, 0.2) is 5.82 Å². The standard InChI is InChI=1S/C9H12N6/c1-2-3-7-8(10)12-5-13-9(7)15-6-11-4-14-15/h4-6H,2-3H2,1H3,(H2,10,12,13). The van der Waals surface area contributed by atoms with Gasteiger partial charge in [0, 0.05) is 5.56 Å². The predicted molar refractivity (Wildman–Crippen MR) is 55.4 cm³/mol. The molecule has 78 valence electrons. The molecular weight excluding hydrogens is 192 g/mol. The molecular formula is C9H12N6. The van der Waals surface area contributed by atoms with Crippen LogP contribution in [0.3, 0.4) is 0 Å². The molecule has 0 aliphatic heterocycles. The molecule has 0 aromatic carbocycles. The Morgan fingerprint density at radius 1 is 1.33 bits per heavy atom. The molecule has 15 heavy (non-hydrogen) atoms. The van der Waals surface area contributed by atoms with E-state index in [2.05, 4.69) is 27.0 Å². The van der Waals surface area contributed by atoms with E-state index in [0.29, 0.717) is 11.6 Å². The number of hydrogen-bond donors (Lipinski definition) is 1. The first-order valence-electron chi connectivity index (χ1n) is 4.77. The van der Waals surface area contributed by atoms with Gasteiger partial charge >= 0.3 is 0 Å². The maximum atomic E-state index is 5.80. The molecule has 0 bridgehead atoms. The average molecular weight is 204 g/mol. The van der Waals surface area contributed by atoms with Crippen LogP contribution in [0.5, 0.6) is 0 Å². The summed E-state index contributed by atoms with van der Waals surface area (Å²) in [7, 11) is 0. The largest absolute Gasteiger partial charge is 0.383 e. The third kappa shape index (κ3) is 1.78. The van der Waals surface area contributed by atoms with Crippen LogP contribution in [0.1, 0.15) is 18.9 Å². The third-order valence-corrected chi connectivity index (χ3v) is 2.09. The first-order valence-corrected chi connectivity index (χ1v) is 4.77. The first kappa shape index (κ1) is 9.57. The molecule has 0 fully saturated rings. The Balaban J connectivity index is 2.51. The van der Waals surface area contributed by atoms with Gasteiger partial charge in [0.25, 0.3) is 0 Å². The predicted octanol–water partition coefficient (Wildman–Crippen LogP) is 0.592. The summed E-state index contributed by atoms with van der Waals surface area (Å²) >= 11 is 0. The van der Waals surface area contributed by atoms with Gasteiger partial charge < -0.3 is 5.73 Å². The maximum Gasteiger partial charge on any atom is 0.163 e. The molecule has 2 heterocycles. The van der Waals surface area contributed by atoms with Gasteiger partial charge in [0.1, 0.15) is 24.8 Å². The van der Waals surface area contributed by atoms with Crippen LogP contribution in [0.4, 0.5) is 5.82 Å². The summed E-state index contributed by atoms with van der Waals surface area (Å²) in [4.78, 5) is 12.0. The molecule has 2 N–H and O–H groups in total. The fourth-order valence-electron chi connectivity index (χ4n) is 1.42. The average Bonchev–Trinajstić information content (AvgIpc) is 2.74. The Hall–Kier alpha value is -1.98. The highest BCUT2D eigenvalue weighted by Gasteiger charge is 2.10. The summed E-state index contributed by atoms with van der Waals surface area (Å²) in [6, 6.07) is 0. The molecule has 0 saturated carbocycles. The Labute approximate surface area is 87.2 Å². The molecule has 2 aromatic rings. The van der Waals surface area contributed by atoms with Crippen LogP contribution in [0.2, 0.25) is 0 Å². The van der Waals surface area contributed by atoms with Gasteiger partial charge in [-0.15, -0.1) is 0 Å². The van der Waals surface area contributed by atoms with Crippen molar-refractivity contribution in [2.24, 2.45) is 0 Å². The van der Waals surface area contributed by atoms with Crippen molar-refractivity contribution in [3.05, 3.63) is 24.5 Å². The summed E-state index contributed by atoms with van der Waals surface area (Å²) in [5, 5.41) is 4.03. The molecule has 0 aliphatic rings. The molecule has 0 amide bonds. The zero-order chi connectivity index (χ0) is 10.7. The first-order chi connectivity index (χ1) is 7.33. The third-order valence-electron chi connectivity index (χ3n) is 2.09. The summed E-state index contributed by atoms with van der Waals surface area (Å²) < 4.78 is 1.60. The van der Waals surface area contributed by atoms with Gasteiger partial charge in [-0.3, -0.25) is 0 Å². The van der Waals surface area contributed by atoms with E-state index in [1.165, 1.54) is 12.7 Å². The number of rotatable bonds is 3. The SMILES string of the molecule is CCCc1c(N)ncnc1-n1cncn1. The van der Waals surface area contributed by atoms with E-state index in [1.54, 1.807) is 11.0 Å². The Bertz CT molecular complexity index is 436. The van der Waals surface area contributed by atoms with Gasteiger partial charge in [-0.2, -0.15) is 5.10 Å². The second-order valence-electron chi connectivity index (χ2n) is 3.15. The highest BCUT2D eigenvalue weighted by molar-refractivity contribution is 5.47. The van der Waals surface area contributed by atoms with Crippen molar-refractivity contribution in [2.45, 2.75) is 19.8 Å². The highest BCUT2D eigenvalue weighted by Crippen LogP contribution is 2.16. The van der Waals surface area contributed by atoms with Crippen LogP contribution < -0.4 is 5.73 Å². The minimum absolute atomic E-state index is 0.511. The normalized spacial score (nSPS) is 10.5. The van der Waals surface area contributed by atoms with Crippen LogP contribution in [-0.4, -0.2) is 24.7 Å². The molecule has 6 nitrogen and oxygen atoms in total. The van der Waals surface area contributed by atoms with Crippen molar-refractivity contribution in [3.63, 3.8) is 0 Å². The fourth-order valence-corrected chi connectivity index (χ4v) is 1.42. The van der Waals surface area contributed by atoms with Crippen molar-refractivity contribution in [2.75, 3.05) is 5.73 Å². The van der Waals surface area contributed by atoms with E-state index in [1.807, 2.05) is 0 Å². The molecule has 0 atom stereocenters. The van der Waals surface area contributed by atoms with Crippen LogP contribution in [0.25, 0.3) is 5.82 Å². The van der Waals surface area contributed by atoms with Crippen LogP contribution in [0, 0.1) is 0 Å². The van der Waals surface area contributed by atoms with E-state index >= 15 is 0 Å². The van der Waals surface area contributed by atoms with Gasteiger partial charge in [-0.25, -0.2) is 19.6 Å². The molecule has 0 saturated heterocycles. The number of nitrogen functional groups attached to an aromatic ring is 1. The maximum absolute atomic E-state index is 5.80. The van der Waals surface area contributed by atoms with Gasteiger partial charge in [-0.05, 0) is 6.42 Å². The van der Waals surface area contributed by atoms with Crippen molar-refractivity contribution < 1.29 is 0 Å². The van der Waals surface area contributed by atoms with Crippen molar-refractivity contribution in [3.8, 4) is 5.82 Å². The van der Waals surface area contributed by atoms with E-state index < -0.39 is 0 Å². The lowest BCUT2D eigenvalue weighted by molar-refractivity contribution is 0.800. The van der Waals surface area contributed by atoms with E-state index in [0.717, 1.165) is 18.4 Å². The van der Waals surface area contributed by atoms with Crippen molar-refractivity contribution in [1.82, 2.24) is 24.7 Å². The van der Waals surface area contributed by atoms with Crippen LogP contribution in [0.15, 0.2) is 19.0 Å². The van der Waals surface area contributed by atoms with E-state index in [9.17, 15) is 0 Å². The smallest absolute Gasteiger partial charge is 0.163 e. The lowest BCUT2D eigenvalue weighted by Crippen LogP contribution is -2.08. The van der Waals surface area contributed by atoms with Crippen LogP contribution >= 0.6 is 0 Å². The summed E-state index contributed by atoms with van der Waals surface area (Å²) in [5.41, 5.74) is 6.72. The minimum atomic E-state index is 0.511. The summed E-state index contributed by atoms with van der Waals surface area (Å²) in [6.07, 6.45) is 6.32. The minimum Gasteiger partial charge on any atom is -0.383 e. The number of aromatic nitrogens is 5. The number of nitrogens with two attached hydrogens (primary N) is 1. The zero-order valence-electron chi connectivity index (χ0n) is 8.46. The van der Waals surface area contributed by atoms with Gasteiger partial charge in [0.2, 0.25) is 0 Å². The Kier molecular flexibility index (Phi) is 2.57. The molecule has 0 aliphatic carbocycles. The van der Waals surface area contributed by atoms with E-state index in [4.69, 9.17) is 5.73 Å². The molecule has 0 spiro atoms. The second-order valence-corrected chi connectivity index (χ2v) is 3.15. The Morgan fingerprint density at radius 3 is 2.87 bits per heavy atom. The van der Waals surface area contributed by atoms with Crippen molar-refractivity contribution in [1.29, 1.82) is 0 Å². The Morgan fingerprint density at radius 2 is 2.20 bits per heavy atom. The molecule has 6 heteroatoms. The number of hydrogen-bond acceptors (Lipinski definition) is 5. The second kappa shape index (κ2) is 4.04. The fraction of sp³-hybridized carbons (Fsp3) is 0.333. The molecule has 0 radical (unpaired) electrons.